The van der Waals surface area contributed by atoms with E-state index < -0.39 is 0 Å². The molecule has 2 heteroatoms. The fraction of sp³-hybridized carbons (Fsp3) is 0.967. The third-order valence-corrected chi connectivity index (χ3v) is 13.8. The number of aliphatic hydroxyl groups is 1. The SMILES string of the molecule is CC1CCC2(C)CCC3(C)C(C(=O)CC4C5(C)CCC(O)C(C)(C)C5CCC43C)C2C1C. The Morgan fingerprint density at radius 2 is 1.47 bits per heavy atom. The van der Waals surface area contributed by atoms with E-state index in [9.17, 15) is 9.90 Å². The minimum Gasteiger partial charge on any atom is -0.393 e. The molecule has 0 aliphatic heterocycles. The van der Waals surface area contributed by atoms with Crippen LogP contribution in [0.1, 0.15) is 113 Å². The molecule has 0 radical (unpaired) electrons. The third-order valence-electron chi connectivity index (χ3n) is 13.8. The highest BCUT2D eigenvalue weighted by molar-refractivity contribution is 5.84. The van der Waals surface area contributed by atoms with Crippen LogP contribution >= 0.6 is 0 Å². The largest absolute Gasteiger partial charge is 0.393 e. The fourth-order valence-electron chi connectivity index (χ4n) is 11.3. The predicted molar refractivity (Wildman–Crippen MR) is 131 cm³/mol. The molecule has 11 atom stereocenters. The number of aliphatic hydroxyl groups excluding tert-OH is 1. The van der Waals surface area contributed by atoms with Gasteiger partial charge in [-0.05, 0) is 108 Å². The van der Waals surface area contributed by atoms with Crippen LogP contribution in [0.5, 0.6) is 0 Å². The van der Waals surface area contributed by atoms with Crippen LogP contribution in [-0.2, 0) is 4.79 Å². The molecule has 0 aromatic carbocycles. The van der Waals surface area contributed by atoms with Crippen LogP contribution in [0.4, 0.5) is 0 Å². The number of Topliss-reactive ketones (excluding diaryl/α,β-unsaturated/α-hetero) is 1. The van der Waals surface area contributed by atoms with Crippen molar-refractivity contribution in [2.75, 3.05) is 0 Å². The van der Waals surface area contributed by atoms with Crippen LogP contribution in [-0.4, -0.2) is 17.0 Å². The zero-order chi connectivity index (χ0) is 23.5. The first-order chi connectivity index (χ1) is 14.7. The summed E-state index contributed by atoms with van der Waals surface area (Å²) in [5, 5.41) is 10.9. The van der Waals surface area contributed by atoms with E-state index in [1.54, 1.807) is 0 Å². The summed E-state index contributed by atoms with van der Waals surface area (Å²) >= 11 is 0. The number of hydrogen-bond donors (Lipinski definition) is 1. The Kier molecular flexibility index (Phi) is 5.01. The lowest BCUT2D eigenvalue weighted by atomic mass is 9.31. The molecule has 5 saturated carbocycles. The van der Waals surface area contributed by atoms with Crippen LogP contribution in [0, 0.1) is 62.6 Å². The number of carbonyl (C=O) groups excluding carboxylic acids is 1. The van der Waals surface area contributed by atoms with Crippen LogP contribution in [0.2, 0.25) is 0 Å². The highest BCUT2D eigenvalue weighted by Crippen LogP contribution is 2.76. The van der Waals surface area contributed by atoms with Crippen LogP contribution in [0.3, 0.4) is 0 Å². The first kappa shape index (κ1) is 23.4. The van der Waals surface area contributed by atoms with Crippen LogP contribution < -0.4 is 0 Å². The van der Waals surface area contributed by atoms with Gasteiger partial charge in [-0.3, -0.25) is 4.79 Å². The molecule has 5 fully saturated rings. The molecule has 0 heterocycles. The molecule has 0 saturated heterocycles. The second-order valence-electron chi connectivity index (χ2n) is 15.1. The Labute approximate surface area is 197 Å². The number of rotatable bonds is 0. The smallest absolute Gasteiger partial charge is 0.137 e. The Morgan fingerprint density at radius 3 is 2.16 bits per heavy atom. The highest BCUT2D eigenvalue weighted by Gasteiger charge is 2.71. The van der Waals surface area contributed by atoms with Gasteiger partial charge in [0.15, 0.2) is 0 Å². The molecule has 1 N–H and O–H groups in total. The molecule has 5 aliphatic carbocycles. The van der Waals surface area contributed by atoms with Crippen molar-refractivity contribution in [3.63, 3.8) is 0 Å². The normalized spacial score (nSPS) is 59.4. The van der Waals surface area contributed by atoms with Crippen molar-refractivity contribution in [1.29, 1.82) is 0 Å². The number of fused-ring (bicyclic) bond motifs is 7. The molecule has 0 aromatic heterocycles. The molecule has 11 unspecified atom stereocenters. The molecular weight excluding hydrogens is 392 g/mol. The quantitative estimate of drug-likeness (QED) is 0.428. The fourth-order valence-corrected chi connectivity index (χ4v) is 11.3. The van der Waals surface area contributed by atoms with Crippen LogP contribution in [0.15, 0.2) is 0 Å². The maximum absolute atomic E-state index is 14.3. The Bertz CT molecular complexity index is 801. The van der Waals surface area contributed by atoms with Gasteiger partial charge in [-0.15, -0.1) is 0 Å². The van der Waals surface area contributed by atoms with Crippen molar-refractivity contribution < 1.29 is 9.90 Å². The van der Waals surface area contributed by atoms with E-state index in [0.29, 0.717) is 34.9 Å². The van der Waals surface area contributed by atoms with E-state index in [1.807, 2.05) is 0 Å². The van der Waals surface area contributed by atoms with Crippen molar-refractivity contribution in [2.24, 2.45) is 62.6 Å². The maximum Gasteiger partial charge on any atom is 0.137 e. The zero-order valence-electron chi connectivity index (χ0n) is 22.3. The van der Waals surface area contributed by atoms with Gasteiger partial charge in [0.2, 0.25) is 0 Å². The van der Waals surface area contributed by atoms with E-state index in [2.05, 4.69) is 55.4 Å². The lowest BCUT2D eigenvalue weighted by molar-refractivity contribution is -0.246. The van der Waals surface area contributed by atoms with Gasteiger partial charge in [0.1, 0.15) is 5.78 Å². The van der Waals surface area contributed by atoms with Gasteiger partial charge in [-0.1, -0.05) is 55.4 Å². The second-order valence-corrected chi connectivity index (χ2v) is 15.1. The molecule has 2 nitrogen and oxygen atoms in total. The molecule has 0 spiro atoms. The molecule has 32 heavy (non-hydrogen) atoms. The topological polar surface area (TPSA) is 37.3 Å². The molecule has 0 bridgehead atoms. The van der Waals surface area contributed by atoms with Crippen molar-refractivity contribution in [3.05, 3.63) is 0 Å². The summed E-state index contributed by atoms with van der Waals surface area (Å²) in [4.78, 5) is 14.3. The minimum atomic E-state index is -0.201. The molecule has 5 aliphatic rings. The average Bonchev–Trinajstić information content (AvgIpc) is 2.71. The summed E-state index contributed by atoms with van der Waals surface area (Å²) in [6, 6.07) is 0. The maximum atomic E-state index is 14.3. The molecule has 5 rings (SSSR count). The first-order valence-electron chi connectivity index (χ1n) is 13.9. The van der Waals surface area contributed by atoms with Gasteiger partial charge in [0, 0.05) is 12.3 Å². The predicted octanol–water partition coefficient (Wildman–Crippen LogP) is 7.28. The summed E-state index contributed by atoms with van der Waals surface area (Å²) in [7, 11) is 0. The van der Waals surface area contributed by atoms with E-state index in [1.165, 1.54) is 38.5 Å². The molecule has 0 aromatic rings. The summed E-state index contributed by atoms with van der Waals surface area (Å²) in [6.07, 6.45) is 10.2. The average molecular weight is 443 g/mol. The van der Waals surface area contributed by atoms with E-state index in [-0.39, 0.29) is 33.7 Å². The Balaban J connectivity index is 1.59. The summed E-state index contributed by atoms with van der Waals surface area (Å²) in [5.41, 5.74) is 0.833. The van der Waals surface area contributed by atoms with Gasteiger partial charge >= 0.3 is 0 Å². The van der Waals surface area contributed by atoms with Crippen molar-refractivity contribution in [1.82, 2.24) is 0 Å². The van der Waals surface area contributed by atoms with Gasteiger partial charge in [-0.2, -0.15) is 0 Å². The first-order valence-corrected chi connectivity index (χ1v) is 13.9. The molecule has 0 amide bonds. The minimum absolute atomic E-state index is 0.0480. The van der Waals surface area contributed by atoms with Crippen LogP contribution in [0.25, 0.3) is 0 Å². The van der Waals surface area contributed by atoms with Crippen molar-refractivity contribution in [3.8, 4) is 0 Å². The van der Waals surface area contributed by atoms with Crippen molar-refractivity contribution >= 4 is 5.78 Å². The Hall–Kier alpha value is -0.370. The van der Waals surface area contributed by atoms with Gasteiger partial charge < -0.3 is 5.11 Å². The monoisotopic (exact) mass is 442 g/mol. The standard InChI is InChI=1S/C30H50O2/c1-18-9-12-27(5)15-16-30(8)25(24(27)19(18)2)20(31)17-22-28(6)13-11-23(32)26(3,4)21(28)10-14-29(22,30)7/h18-19,21-25,32H,9-17H2,1-8H3. The molecule has 182 valence electrons. The van der Waals surface area contributed by atoms with Gasteiger partial charge in [-0.25, -0.2) is 0 Å². The number of ketones is 1. The highest BCUT2D eigenvalue weighted by atomic mass is 16.3. The number of carbonyl (C=O) groups is 1. The van der Waals surface area contributed by atoms with Crippen molar-refractivity contribution in [2.45, 2.75) is 119 Å². The lowest BCUT2D eigenvalue weighted by Crippen LogP contribution is -2.69. The van der Waals surface area contributed by atoms with E-state index in [4.69, 9.17) is 0 Å². The van der Waals surface area contributed by atoms with E-state index >= 15 is 0 Å². The summed E-state index contributed by atoms with van der Waals surface area (Å²) < 4.78 is 0. The number of hydrogen-bond acceptors (Lipinski definition) is 2. The zero-order valence-corrected chi connectivity index (χ0v) is 22.3. The summed E-state index contributed by atoms with van der Waals surface area (Å²) in [6.45, 7) is 19.7. The van der Waals surface area contributed by atoms with Gasteiger partial charge in [0.25, 0.3) is 0 Å². The van der Waals surface area contributed by atoms with E-state index in [0.717, 1.165) is 25.2 Å². The Morgan fingerprint density at radius 1 is 0.781 bits per heavy atom. The molecular formula is C30H50O2. The second kappa shape index (κ2) is 6.86. The lowest BCUT2D eigenvalue weighted by Gasteiger charge is -2.73. The summed E-state index contributed by atoms with van der Waals surface area (Å²) in [5.74, 6) is 3.80. The third kappa shape index (κ3) is 2.66. The van der Waals surface area contributed by atoms with Gasteiger partial charge in [0.05, 0.1) is 6.10 Å².